The number of anilines is 1. The Labute approximate surface area is 106 Å². The van der Waals surface area contributed by atoms with Crippen LogP contribution in [0.25, 0.3) is 0 Å². The lowest BCUT2D eigenvalue weighted by Gasteiger charge is -2.13. The standard InChI is InChI=1S/C13H17NO4/c1-16-13(15)9-4-5-12(11(14)7-9)18-8-10-3-2-6-17-10/h4-5,7,10H,2-3,6,8,14H2,1H3/t10-/m0/s1. The summed E-state index contributed by atoms with van der Waals surface area (Å²) in [4.78, 5) is 11.3. The second-order valence-electron chi connectivity index (χ2n) is 4.19. The Morgan fingerprint density at radius 2 is 2.39 bits per heavy atom. The van der Waals surface area contributed by atoms with Crippen molar-refractivity contribution in [3.8, 4) is 5.75 Å². The molecule has 1 fully saturated rings. The Hall–Kier alpha value is -1.75. The van der Waals surface area contributed by atoms with Gasteiger partial charge < -0.3 is 19.9 Å². The molecule has 1 aliphatic rings. The number of methoxy groups -OCH3 is 1. The molecule has 0 saturated carbocycles. The van der Waals surface area contributed by atoms with Crippen LogP contribution in [0.4, 0.5) is 5.69 Å². The number of ether oxygens (including phenoxy) is 3. The van der Waals surface area contributed by atoms with E-state index in [2.05, 4.69) is 4.74 Å². The first-order valence-electron chi connectivity index (χ1n) is 5.93. The molecule has 2 rings (SSSR count). The van der Waals surface area contributed by atoms with Crippen molar-refractivity contribution >= 4 is 11.7 Å². The van der Waals surface area contributed by atoms with Crippen LogP contribution in [0.3, 0.4) is 0 Å². The quantitative estimate of drug-likeness (QED) is 0.650. The summed E-state index contributed by atoms with van der Waals surface area (Å²) in [5, 5.41) is 0. The van der Waals surface area contributed by atoms with Crippen LogP contribution >= 0.6 is 0 Å². The molecule has 2 N–H and O–H groups in total. The predicted molar refractivity (Wildman–Crippen MR) is 66.7 cm³/mol. The van der Waals surface area contributed by atoms with Gasteiger partial charge in [-0.15, -0.1) is 0 Å². The summed E-state index contributed by atoms with van der Waals surface area (Å²) in [7, 11) is 1.33. The highest BCUT2D eigenvalue weighted by atomic mass is 16.5. The fourth-order valence-electron chi connectivity index (χ4n) is 1.88. The van der Waals surface area contributed by atoms with Crippen LogP contribution in [0, 0.1) is 0 Å². The molecule has 5 heteroatoms. The number of esters is 1. The molecule has 1 heterocycles. The van der Waals surface area contributed by atoms with Crippen molar-refractivity contribution < 1.29 is 19.0 Å². The molecular weight excluding hydrogens is 234 g/mol. The van der Waals surface area contributed by atoms with Crippen molar-refractivity contribution in [3.63, 3.8) is 0 Å². The second-order valence-corrected chi connectivity index (χ2v) is 4.19. The molecular formula is C13H17NO4. The molecule has 1 aromatic rings. The Kier molecular flexibility index (Phi) is 4.04. The highest BCUT2D eigenvalue weighted by Crippen LogP contribution is 2.24. The molecule has 0 radical (unpaired) electrons. The summed E-state index contributed by atoms with van der Waals surface area (Å²) in [5.74, 6) is 0.158. The van der Waals surface area contributed by atoms with Crippen molar-refractivity contribution in [1.29, 1.82) is 0 Å². The SMILES string of the molecule is COC(=O)c1ccc(OC[C@@H]2CCCO2)c(N)c1. The minimum absolute atomic E-state index is 0.143. The van der Waals surface area contributed by atoms with Crippen molar-refractivity contribution in [2.45, 2.75) is 18.9 Å². The average molecular weight is 251 g/mol. The van der Waals surface area contributed by atoms with E-state index in [1.807, 2.05) is 0 Å². The van der Waals surface area contributed by atoms with Gasteiger partial charge in [-0.25, -0.2) is 4.79 Å². The third-order valence-electron chi connectivity index (χ3n) is 2.88. The zero-order valence-electron chi connectivity index (χ0n) is 10.3. The van der Waals surface area contributed by atoms with Crippen LogP contribution in [-0.4, -0.2) is 32.4 Å². The highest BCUT2D eigenvalue weighted by Gasteiger charge is 2.17. The number of benzene rings is 1. The van der Waals surface area contributed by atoms with Gasteiger partial charge in [0.1, 0.15) is 12.4 Å². The van der Waals surface area contributed by atoms with Crippen LogP contribution in [-0.2, 0) is 9.47 Å². The van der Waals surface area contributed by atoms with Crippen molar-refractivity contribution in [3.05, 3.63) is 23.8 Å². The molecule has 0 aliphatic carbocycles. The lowest BCUT2D eigenvalue weighted by Crippen LogP contribution is -2.17. The maximum absolute atomic E-state index is 11.3. The van der Waals surface area contributed by atoms with Gasteiger partial charge in [0.2, 0.25) is 0 Å². The van der Waals surface area contributed by atoms with Gasteiger partial charge in [-0.2, -0.15) is 0 Å². The van der Waals surface area contributed by atoms with Gasteiger partial charge in [0.05, 0.1) is 24.5 Å². The fraction of sp³-hybridized carbons (Fsp3) is 0.462. The van der Waals surface area contributed by atoms with Crippen LogP contribution < -0.4 is 10.5 Å². The molecule has 5 nitrogen and oxygen atoms in total. The van der Waals surface area contributed by atoms with E-state index in [9.17, 15) is 4.79 Å². The van der Waals surface area contributed by atoms with Crippen LogP contribution in [0.5, 0.6) is 5.75 Å². The molecule has 1 aliphatic heterocycles. The molecule has 0 amide bonds. The highest BCUT2D eigenvalue weighted by molar-refractivity contribution is 5.90. The topological polar surface area (TPSA) is 70.8 Å². The summed E-state index contributed by atoms with van der Waals surface area (Å²) in [6.45, 7) is 1.28. The average Bonchev–Trinajstić information content (AvgIpc) is 2.89. The first-order valence-corrected chi connectivity index (χ1v) is 5.93. The number of carbonyl (C=O) groups excluding carboxylic acids is 1. The zero-order chi connectivity index (χ0) is 13.0. The van der Waals surface area contributed by atoms with Crippen molar-refractivity contribution in [2.24, 2.45) is 0 Å². The molecule has 0 spiro atoms. The Balaban J connectivity index is 1.98. The molecule has 0 unspecified atom stereocenters. The van der Waals surface area contributed by atoms with Crippen LogP contribution in [0.2, 0.25) is 0 Å². The number of nitrogen functional groups attached to an aromatic ring is 1. The van der Waals surface area contributed by atoms with Gasteiger partial charge in [0.15, 0.2) is 0 Å². The number of hydrogen-bond donors (Lipinski definition) is 1. The van der Waals surface area contributed by atoms with Gasteiger partial charge in [0, 0.05) is 6.61 Å². The Bertz CT molecular complexity index is 427. The third kappa shape index (κ3) is 2.92. The minimum Gasteiger partial charge on any atom is -0.489 e. The second kappa shape index (κ2) is 5.73. The monoisotopic (exact) mass is 251 g/mol. The summed E-state index contributed by atoms with van der Waals surface area (Å²) in [5.41, 5.74) is 6.67. The van der Waals surface area contributed by atoms with E-state index in [1.54, 1.807) is 18.2 Å². The van der Waals surface area contributed by atoms with E-state index in [1.165, 1.54) is 7.11 Å². The maximum Gasteiger partial charge on any atom is 0.337 e. The number of nitrogens with two attached hydrogens (primary N) is 1. The van der Waals surface area contributed by atoms with E-state index in [4.69, 9.17) is 15.2 Å². The Morgan fingerprint density at radius 1 is 1.56 bits per heavy atom. The zero-order valence-corrected chi connectivity index (χ0v) is 10.3. The predicted octanol–water partition coefficient (Wildman–Crippen LogP) is 1.61. The van der Waals surface area contributed by atoms with Crippen LogP contribution in [0.1, 0.15) is 23.2 Å². The smallest absolute Gasteiger partial charge is 0.337 e. The maximum atomic E-state index is 11.3. The third-order valence-corrected chi connectivity index (χ3v) is 2.88. The van der Waals surface area contributed by atoms with E-state index < -0.39 is 5.97 Å². The molecule has 98 valence electrons. The Morgan fingerprint density at radius 3 is 3.00 bits per heavy atom. The van der Waals surface area contributed by atoms with Gasteiger partial charge in [-0.3, -0.25) is 0 Å². The van der Waals surface area contributed by atoms with Gasteiger partial charge in [0.25, 0.3) is 0 Å². The molecule has 1 aromatic carbocycles. The van der Waals surface area contributed by atoms with E-state index >= 15 is 0 Å². The number of hydrogen-bond acceptors (Lipinski definition) is 5. The van der Waals surface area contributed by atoms with Crippen molar-refractivity contribution in [1.82, 2.24) is 0 Å². The molecule has 18 heavy (non-hydrogen) atoms. The van der Waals surface area contributed by atoms with Crippen LogP contribution in [0.15, 0.2) is 18.2 Å². The minimum atomic E-state index is -0.410. The van der Waals surface area contributed by atoms with Gasteiger partial charge >= 0.3 is 5.97 Å². The lowest BCUT2D eigenvalue weighted by atomic mass is 10.2. The summed E-state index contributed by atoms with van der Waals surface area (Å²) < 4.78 is 15.7. The van der Waals surface area contributed by atoms with Gasteiger partial charge in [-0.1, -0.05) is 0 Å². The molecule has 0 aromatic heterocycles. The lowest BCUT2D eigenvalue weighted by molar-refractivity contribution is 0.0599. The first kappa shape index (κ1) is 12.7. The normalized spacial score (nSPS) is 18.6. The molecule has 1 atom stereocenters. The number of rotatable bonds is 4. The molecule has 0 bridgehead atoms. The van der Waals surface area contributed by atoms with E-state index in [0.717, 1.165) is 19.4 Å². The fourth-order valence-corrected chi connectivity index (χ4v) is 1.88. The van der Waals surface area contributed by atoms with E-state index in [0.29, 0.717) is 23.6 Å². The summed E-state index contributed by atoms with van der Waals surface area (Å²) in [6, 6.07) is 4.86. The number of carbonyl (C=O) groups is 1. The van der Waals surface area contributed by atoms with Gasteiger partial charge in [-0.05, 0) is 31.0 Å². The summed E-state index contributed by atoms with van der Waals surface area (Å²) in [6.07, 6.45) is 2.23. The van der Waals surface area contributed by atoms with Crippen molar-refractivity contribution in [2.75, 3.05) is 26.1 Å². The molecule has 1 saturated heterocycles. The largest absolute Gasteiger partial charge is 0.489 e. The first-order chi connectivity index (χ1) is 8.70. The van der Waals surface area contributed by atoms with E-state index in [-0.39, 0.29) is 6.10 Å². The summed E-state index contributed by atoms with van der Waals surface area (Å²) >= 11 is 0.